The molecule has 37 heavy (non-hydrogen) atoms. The molecule has 4 rings (SSSR count). The number of likely N-dealkylation sites (tertiary alicyclic amines) is 1. The van der Waals surface area contributed by atoms with Gasteiger partial charge in [0.15, 0.2) is 12.2 Å². The number of nitrogens with one attached hydrogen (secondary N) is 1. The van der Waals surface area contributed by atoms with E-state index in [9.17, 15) is 29.5 Å². The highest BCUT2D eigenvalue weighted by Gasteiger charge is 2.38. The summed E-state index contributed by atoms with van der Waals surface area (Å²) in [5.41, 5.74) is 2.52. The first-order chi connectivity index (χ1) is 17.8. The van der Waals surface area contributed by atoms with Crippen molar-refractivity contribution in [3.05, 3.63) is 94.3 Å². The van der Waals surface area contributed by atoms with Gasteiger partial charge in [0.25, 0.3) is 11.8 Å². The zero-order valence-electron chi connectivity index (χ0n) is 19.8. The van der Waals surface area contributed by atoms with Gasteiger partial charge in [0.05, 0.1) is 11.6 Å². The third kappa shape index (κ3) is 5.81. The molecule has 0 aromatic heterocycles. The maximum absolute atomic E-state index is 13.9. The third-order valence-electron chi connectivity index (χ3n) is 6.45. The van der Waals surface area contributed by atoms with Gasteiger partial charge in [0.2, 0.25) is 0 Å². The van der Waals surface area contributed by atoms with Crippen LogP contribution in [0.2, 0.25) is 5.02 Å². The molecule has 0 saturated carbocycles. The quantitative estimate of drug-likeness (QED) is 0.438. The highest BCUT2D eigenvalue weighted by molar-refractivity contribution is 6.30. The lowest BCUT2D eigenvalue weighted by Crippen LogP contribution is -2.50. The molecule has 1 heterocycles. The third-order valence-corrected chi connectivity index (χ3v) is 6.68. The fourth-order valence-electron chi connectivity index (χ4n) is 4.51. The van der Waals surface area contributed by atoms with Crippen molar-refractivity contribution in [2.45, 2.75) is 37.6 Å². The molecule has 3 atom stereocenters. The number of nitriles is 1. The van der Waals surface area contributed by atoms with Gasteiger partial charge in [0, 0.05) is 23.7 Å². The SMILES string of the molecule is N#Cc1c(F)cccc1-c1ccc(CNC(=O)[C@H](O)[C@@H](O)C(=O)N2CCC[C@@H]2c2cccc(Cl)c2)cc1. The van der Waals surface area contributed by atoms with Crippen LogP contribution in [0.15, 0.2) is 66.7 Å². The predicted octanol–water partition coefficient (Wildman–Crippen LogP) is 3.72. The highest BCUT2D eigenvalue weighted by atomic mass is 35.5. The van der Waals surface area contributed by atoms with E-state index in [4.69, 9.17) is 11.6 Å². The van der Waals surface area contributed by atoms with Crippen LogP contribution in [0.5, 0.6) is 0 Å². The molecule has 0 spiro atoms. The van der Waals surface area contributed by atoms with Crippen LogP contribution >= 0.6 is 11.6 Å². The number of halogens is 2. The van der Waals surface area contributed by atoms with Gasteiger partial charge < -0.3 is 20.4 Å². The monoisotopic (exact) mass is 521 g/mol. The van der Waals surface area contributed by atoms with Crippen molar-refractivity contribution in [2.75, 3.05) is 6.54 Å². The Kier molecular flexibility index (Phi) is 8.19. The normalized spacial score (nSPS) is 16.6. The van der Waals surface area contributed by atoms with Crippen molar-refractivity contribution in [1.29, 1.82) is 5.26 Å². The highest BCUT2D eigenvalue weighted by Crippen LogP contribution is 2.33. The van der Waals surface area contributed by atoms with E-state index >= 15 is 0 Å². The van der Waals surface area contributed by atoms with Gasteiger partial charge in [-0.15, -0.1) is 0 Å². The molecule has 1 aliphatic heterocycles. The van der Waals surface area contributed by atoms with E-state index in [1.165, 1.54) is 17.0 Å². The number of aliphatic hydroxyl groups excluding tert-OH is 2. The summed E-state index contributed by atoms with van der Waals surface area (Å²) in [4.78, 5) is 26.9. The molecule has 1 aliphatic rings. The number of carbonyl (C=O) groups excluding carboxylic acids is 2. The van der Waals surface area contributed by atoms with Gasteiger partial charge in [0.1, 0.15) is 11.9 Å². The van der Waals surface area contributed by atoms with E-state index < -0.39 is 29.8 Å². The molecule has 9 heteroatoms. The Morgan fingerprint density at radius 2 is 1.84 bits per heavy atom. The minimum absolute atomic E-state index is 0.0280. The predicted molar refractivity (Wildman–Crippen MR) is 136 cm³/mol. The minimum Gasteiger partial charge on any atom is -0.380 e. The summed E-state index contributed by atoms with van der Waals surface area (Å²) in [5, 5.41) is 33.1. The maximum atomic E-state index is 13.9. The number of amides is 2. The maximum Gasteiger partial charge on any atom is 0.255 e. The fourth-order valence-corrected chi connectivity index (χ4v) is 4.71. The summed E-state index contributed by atoms with van der Waals surface area (Å²) in [6, 6.07) is 19.8. The summed E-state index contributed by atoms with van der Waals surface area (Å²) in [6.45, 7) is 0.423. The zero-order chi connectivity index (χ0) is 26.5. The fraction of sp³-hybridized carbons (Fsp3) is 0.250. The van der Waals surface area contributed by atoms with Gasteiger partial charge in [-0.3, -0.25) is 9.59 Å². The Hall–Kier alpha value is -3.77. The summed E-state index contributed by atoms with van der Waals surface area (Å²) in [6.07, 6.45) is -2.46. The molecule has 3 aromatic carbocycles. The lowest BCUT2D eigenvalue weighted by atomic mass is 9.99. The molecule has 190 valence electrons. The van der Waals surface area contributed by atoms with Crippen LogP contribution in [0, 0.1) is 17.1 Å². The number of hydrogen-bond acceptors (Lipinski definition) is 5. The second kappa shape index (κ2) is 11.5. The number of hydrogen-bond donors (Lipinski definition) is 3. The second-order valence-electron chi connectivity index (χ2n) is 8.82. The van der Waals surface area contributed by atoms with Crippen molar-refractivity contribution in [3.8, 4) is 17.2 Å². The van der Waals surface area contributed by atoms with Crippen molar-refractivity contribution >= 4 is 23.4 Å². The molecule has 0 radical (unpaired) electrons. The Morgan fingerprint density at radius 3 is 2.54 bits per heavy atom. The summed E-state index contributed by atoms with van der Waals surface area (Å²) < 4.78 is 13.9. The number of rotatable bonds is 7. The molecule has 3 N–H and O–H groups in total. The Labute approximate surface area is 218 Å². The summed E-state index contributed by atoms with van der Waals surface area (Å²) in [5.74, 6) is -2.22. The number of aliphatic hydroxyl groups is 2. The molecular weight excluding hydrogens is 497 g/mol. The lowest BCUT2D eigenvalue weighted by molar-refractivity contribution is -0.153. The zero-order valence-corrected chi connectivity index (χ0v) is 20.5. The van der Waals surface area contributed by atoms with Crippen LogP contribution < -0.4 is 5.32 Å². The molecule has 2 amide bonds. The van der Waals surface area contributed by atoms with E-state index in [1.807, 2.05) is 12.1 Å². The van der Waals surface area contributed by atoms with Crippen LogP contribution in [-0.2, 0) is 16.1 Å². The molecule has 0 bridgehead atoms. The van der Waals surface area contributed by atoms with Crippen molar-refractivity contribution in [2.24, 2.45) is 0 Å². The largest absolute Gasteiger partial charge is 0.380 e. The van der Waals surface area contributed by atoms with Crippen LogP contribution in [0.4, 0.5) is 4.39 Å². The van der Waals surface area contributed by atoms with E-state index in [-0.39, 0.29) is 18.2 Å². The molecular formula is C28H25ClFN3O4. The number of carbonyl (C=O) groups is 2. The molecule has 1 fully saturated rings. The van der Waals surface area contributed by atoms with Gasteiger partial charge in [-0.1, -0.05) is 60.1 Å². The Morgan fingerprint density at radius 1 is 1.11 bits per heavy atom. The molecule has 3 aromatic rings. The standard InChI is InChI=1S/C28H25ClFN3O4/c29-20-5-1-4-19(14-20)24-8-3-13-33(24)28(37)26(35)25(34)27(36)32-16-17-9-11-18(12-10-17)21-6-2-7-23(30)22(21)15-31/h1-2,4-7,9-12,14,24-26,34-35H,3,8,13,16H2,(H,32,36)/t24-,25-,26-/m1/s1. The van der Waals surface area contributed by atoms with Gasteiger partial charge in [-0.25, -0.2) is 4.39 Å². The summed E-state index contributed by atoms with van der Waals surface area (Å²) in [7, 11) is 0. The van der Waals surface area contributed by atoms with Crippen LogP contribution in [-0.4, -0.2) is 45.7 Å². The molecule has 7 nitrogen and oxygen atoms in total. The van der Waals surface area contributed by atoms with Crippen molar-refractivity contribution in [3.63, 3.8) is 0 Å². The lowest BCUT2D eigenvalue weighted by Gasteiger charge is -2.28. The molecule has 0 unspecified atom stereocenters. The average molecular weight is 522 g/mol. The van der Waals surface area contributed by atoms with Crippen molar-refractivity contribution < 1.29 is 24.2 Å². The van der Waals surface area contributed by atoms with E-state index in [0.717, 1.165) is 12.0 Å². The molecule has 0 aliphatic carbocycles. The molecule has 1 saturated heterocycles. The first-order valence-corrected chi connectivity index (χ1v) is 12.2. The first-order valence-electron chi connectivity index (χ1n) is 11.8. The topological polar surface area (TPSA) is 114 Å². The van der Waals surface area contributed by atoms with Crippen molar-refractivity contribution in [1.82, 2.24) is 10.2 Å². The smallest absolute Gasteiger partial charge is 0.255 e. The number of benzene rings is 3. The Balaban J connectivity index is 1.36. The van der Waals surface area contributed by atoms with Crippen LogP contribution in [0.3, 0.4) is 0 Å². The average Bonchev–Trinajstić information content (AvgIpc) is 3.41. The van der Waals surface area contributed by atoms with E-state index in [1.54, 1.807) is 48.5 Å². The summed E-state index contributed by atoms with van der Waals surface area (Å²) >= 11 is 6.08. The van der Waals surface area contributed by atoms with Gasteiger partial charge >= 0.3 is 0 Å². The first kappa shape index (κ1) is 26.3. The van der Waals surface area contributed by atoms with Gasteiger partial charge in [-0.2, -0.15) is 5.26 Å². The number of nitrogens with zero attached hydrogens (tertiary/aromatic N) is 2. The van der Waals surface area contributed by atoms with Crippen LogP contribution in [0.1, 0.15) is 35.6 Å². The van der Waals surface area contributed by atoms with Crippen LogP contribution in [0.25, 0.3) is 11.1 Å². The Bertz CT molecular complexity index is 1340. The van der Waals surface area contributed by atoms with Gasteiger partial charge in [-0.05, 0) is 47.7 Å². The van der Waals surface area contributed by atoms with E-state index in [2.05, 4.69) is 5.32 Å². The second-order valence-corrected chi connectivity index (χ2v) is 9.26. The van der Waals surface area contributed by atoms with E-state index in [0.29, 0.717) is 34.7 Å². The minimum atomic E-state index is -1.95.